The van der Waals surface area contributed by atoms with Gasteiger partial charge in [0.05, 0.1) is 22.0 Å². The van der Waals surface area contributed by atoms with E-state index in [0.717, 1.165) is 11.2 Å². The second-order valence-corrected chi connectivity index (χ2v) is 4.44. The summed E-state index contributed by atoms with van der Waals surface area (Å²) >= 11 is 1.73. The van der Waals surface area contributed by atoms with Crippen LogP contribution in [0.15, 0.2) is 18.2 Å². The fourth-order valence-corrected chi connectivity index (χ4v) is 2.16. The van der Waals surface area contributed by atoms with E-state index in [1.54, 1.807) is 18.3 Å². The van der Waals surface area contributed by atoms with E-state index in [2.05, 4.69) is 11.9 Å². The molecule has 2 rings (SSSR count). The average molecular weight is 193 g/mol. The molecule has 13 heavy (non-hydrogen) atoms. The molecule has 0 amide bonds. The molecule has 1 atom stereocenters. The number of aryl methyl sites for hydroxylation is 1. The van der Waals surface area contributed by atoms with Crippen LogP contribution in [0.2, 0.25) is 0 Å². The van der Waals surface area contributed by atoms with Gasteiger partial charge in [-0.3, -0.25) is 0 Å². The van der Waals surface area contributed by atoms with Gasteiger partial charge in [0.15, 0.2) is 0 Å². The van der Waals surface area contributed by atoms with Crippen molar-refractivity contribution in [1.82, 2.24) is 4.98 Å². The van der Waals surface area contributed by atoms with Crippen LogP contribution >= 0.6 is 11.3 Å². The van der Waals surface area contributed by atoms with Crippen molar-refractivity contribution in [2.24, 2.45) is 0 Å². The lowest BCUT2D eigenvalue weighted by Crippen LogP contribution is -1.93. The lowest BCUT2D eigenvalue weighted by molar-refractivity contribution is 0.195. The van der Waals surface area contributed by atoms with Crippen molar-refractivity contribution in [3.63, 3.8) is 0 Å². The van der Waals surface area contributed by atoms with Gasteiger partial charge >= 0.3 is 0 Å². The maximum atomic E-state index is 9.33. The summed E-state index contributed by atoms with van der Waals surface area (Å²) in [4.78, 5) is 5.61. The minimum absolute atomic E-state index is 0.482. The summed E-state index contributed by atoms with van der Waals surface area (Å²) in [5, 5.41) is 9.33. The molecule has 0 radical (unpaired) electrons. The molecular formula is C10H11NOS. The molecule has 0 spiro atoms. The molecule has 1 unspecified atom stereocenters. The van der Waals surface area contributed by atoms with E-state index in [1.807, 2.05) is 18.2 Å². The largest absolute Gasteiger partial charge is 0.387 e. The van der Waals surface area contributed by atoms with E-state index in [0.29, 0.717) is 0 Å². The van der Waals surface area contributed by atoms with Crippen LogP contribution in [0.4, 0.5) is 0 Å². The van der Waals surface area contributed by atoms with Crippen LogP contribution in [0, 0.1) is 6.92 Å². The fourth-order valence-electron chi connectivity index (χ4n) is 1.30. The van der Waals surface area contributed by atoms with Crippen molar-refractivity contribution in [2.75, 3.05) is 0 Å². The van der Waals surface area contributed by atoms with E-state index in [1.165, 1.54) is 9.58 Å². The molecular weight excluding hydrogens is 182 g/mol. The highest BCUT2D eigenvalue weighted by molar-refractivity contribution is 7.18. The Balaban J connectivity index is 2.61. The molecule has 0 saturated carbocycles. The average Bonchev–Trinajstić information content (AvgIpc) is 2.42. The number of hydrogen-bond donors (Lipinski definition) is 1. The smallest absolute Gasteiger partial charge is 0.0932 e. The molecule has 0 fully saturated rings. The third kappa shape index (κ3) is 1.57. The maximum Gasteiger partial charge on any atom is 0.0932 e. The van der Waals surface area contributed by atoms with Crippen molar-refractivity contribution in [2.45, 2.75) is 20.0 Å². The number of aromatic nitrogens is 1. The molecule has 0 saturated heterocycles. The molecule has 2 aromatic heterocycles. The SMILES string of the molecule is Cc1cc2nc(C(C)O)ccc2s1. The fraction of sp³-hybridized carbons (Fsp3) is 0.300. The summed E-state index contributed by atoms with van der Waals surface area (Å²) < 4.78 is 1.18. The van der Waals surface area contributed by atoms with Crippen LogP contribution in [-0.2, 0) is 0 Å². The molecule has 2 heterocycles. The first-order valence-electron chi connectivity index (χ1n) is 4.22. The number of aliphatic hydroxyl groups excluding tert-OH is 1. The summed E-state index contributed by atoms with van der Waals surface area (Å²) in [6, 6.07) is 5.94. The van der Waals surface area contributed by atoms with E-state index in [4.69, 9.17) is 0 Å². The lowest BCUT2D eigenvalue weighted by atomic mass is 10.2. The molecule has 1 N–H and O–H groups in total. The van der Waals surface area contributed by atoms with Gasteiger partial charge in [-0.25, -0.2) is 4.98 Å². The number of aliphatic hydroxyl groups is 1. The van der Waals surface area contributed by atoms with Gasteiger partial charge in [0.1, 0.15) is 0 Å². The van der Waals surface area contributed by atoms with E-state index in [9.17, 15) is 5.11 Å². The summed E-state index contributed by atoms with van der Waals surface area (Å²) in [6.07, 6.45) is -0.482. The van der Waals surface area contributed by atoms with E-state index >= 15 is 0 Å². The normalized spacial score (nSPS) is 13.5. The number of pyridine rings is 1. The first-order chi connectivity index (χ1) is 6.16. The Bertz CT molecular complexity index is 433. The Kier molecular flexibility index (Phi) is 2.06. The van der Waals surface area contributed by atoms with Crippen LogP contribution in [0.3, 0.4) is 0 Å². The first-order valence-corrected chi connectivity index (χ1v) is 5.03. The van der Waals surface area contributed by atoms with Crippen LogP contribution in [-0.4, -0.2) is 10.1 Å². The third-order valence-electron chi connectivity index (χ3n) is 1.95. The van der Waals surface area contributed by atoms with Crippen LogP contribution in [0.1, 0.15) is 23.6 Å². The van der Waals surface area contributed by atoms with Gasteiger partial charge in [-0.15, -0.1) is 11.3 Å². The molecule has 0 aliphatic heterocycles. The highest BCUT2D eigenvalue weighted by Crippen LogP contribution is 2.24. The Morgan fingerprint density at radius 1 is 1.46 bits per heavy atom. The first kappa shape index (κ1) is 8.66. The molecule has 68 valence electrons. The van der Waals surface area contributed by atoms with Crippen LogP contribution < -0.4 is 0 Å². The summed E-state index contributed by atoms with van der Waals surface area (Å²) in [7, 11) is 0. The van der Waals surface area contributed by atoms with Crippen molar-refractivity contribution in [3.05, 3.63) is 28.8 Å². The Hall–Kier alpha value is -0.930. The summed E-state index contributed by atoms with van der Waals surface area (Å²) in [6.45, 7) is 3.79. The van der Waals surface area contributed by atoms with Crippen LogP contribution in [0.25, 0.3) is 10.2 Å². The summed E-state index contributed by atoms with van der Waals surface area (Å²) in [5.74, 6) is 0. The van der Waals surface area contributed by atoms with Gasteiger partial charge in [0.25, 0.3) is 0 Å². The Morgan fingerprint density at radius 2 is 2.23 bits per heavy atom. The lowest BCUT2D eigenvalue weighted by Gasteiger charge is -2.01. The highest BCUT2D eigenvalue weighted by Gasteiger charge is 2.05. The molecule has 0 bridgehead atoms. The van der Waals surface area contributed by atoms with Gasteiger partial charge < -0.3 is 5.11 Å². The van der Waals surface area contributed by atoms with Crippen molar-refractivity contribution in [1.29, 1.82) is 0 Å². The van der Waals surface area contributed by atoms with Crippen molar-refractivity contribution >= 4 is 21.6 Å². The second kappa shape index (κ2) is 3.09. The molecule has 2 aromatic rings. The van der Waals surface area contributed by atoms with Crippen LogP contribution in [0.5, 0.6) is 0 Å². The van der Waals surface area contributed by atoms with E-state index in [-0.39, 0.29) is 0 Å². The standard InChI is InChI=1S/C10H11NOS/c1-6-5-9-10(13-6)4-3-8(11-9)7(2)12/h3-5,7,12H,1-2H3. The predicted molar refractivity (Wildman–Crippen MR) is 55.0 cm³/mol. The van der Waals surface area contributed by atoms with Crippen molar-refractivity contribution in [3.8, 4) is 0 Å². The van der Waals surface area contributed by atoms with Gasteiger partial charge in [0.2, 0.25) is 0 Å². The number of fused-ring (bicyclic) bond motifs is 1. The topological polar surface area (TPSA) is 33.1 Å². The molecule has 2 nitrogen and oxygen atoms in total. The number of thiophene rings is 1. The summed E-state index contributed by atoms with van der Waals surface area (Å²) in [5.41, 5.74) is 1.73. The van der Waals surface area contributed by atoms with Gasteiger partial charge in [0, 0.05) is 4.88 Å². The third-order valence-corrected chi connectivity index (χ3v) is 2.95. The minimum atomic E-state index is -0.482. The highest BCUT2D eigenvalue weighted by atomic mass is 32.1. The molecule has 3 heteroatoms. The Labute approximate surface area is 80.9 Å². The van der Waals surface area contributed by atoms with Gasteiger partial charge in [-0.2, -0.15) is 0 Å². The quantitative estimate of drug-likeness (QED) is 0.755. The minimum Gasteiger partial charge on any atom is -0.387 e. The maximum absolute atomic E-state index is 9.33. The monoisotopic (exact) mass is 193 g/mol. The zero-order valence-corrected chi connectivity index (χ0v) is 8.43. The van der Waals surface area contributed by atoms with E-state index < -0.39 is 6.10 Å². The number of nitrogens with zero attached hydrogens (tertiary/aromatic N) is 1. The molecule has 0 aromatic carbocycles. The van der Waals surface area contributed by atoms with Crippen molar-refractivity contribution < 1.29 is 5.11 Å². The van der Waals surface area contributed by atoms with Gasteiger partial charge in [-0.1, -0.05) is 0 Å². The Morgan fingerprint density at radius 3 is 2.92 bits per heavy atom. The molecule has 0 aliphatic rings. The number of hydrogen-bond acceptors (Lipinski definition) is 3. The second-order valence-electron chi connectivity index (χ2n) is 3.15. The number of rotatable bonds is 1. The predicted octanol–water partition coefficient (Wildman–Crippen LogP) is 2.66. The van der Waals surface area contributed by atoms with Gasteiger partial charge in [-0.05, 0) is 32.0 Å². The zero-order valence-electron chi connectivity index (χ0n) is 7.61. The molecule has 0 aliphatic carbocycles. The zero-order chi connectivity index (χ0) is 9.42.